The van der Waals surface area contributed by atoms with E-state index in [0.29, 0.717) is 17.6 Å². The molecule has 1 aromatic heterocycles. The summed E-state index contributed by atoms with van der Waals surface area (Å²) in [7, 11) is 0. The highest BCUT2D eigenvalue weighted by Crippen LogP contribution is 2.24. The van der Waals surface area contributed by atoms with Crippen molar-refractivity contribution in [2.75, 3.05) is 18.8 Å². The molecule has 6 nitrogen and oxygen atoms in total. The number of nitrogens with zero attached hydrogens (tertiary/aromatic N) is 5. The molecule has 0 aliphatic carbocycles. The Balaban J connectivity index is 1.57. The van der Waals surface area contributed by atoms with Gasteiger partial charge in [-0.2, -0.15) is 15.3 Å². The van der Waals surface area contributed by atoms with Crippen molar-refractivity contribution in [2.24, 2.45) is 0 Å². The molecule has 0 unspecified atom stereocenters. The molecule has 6 heteroatoms. The van der Waals surface area contributed by atoms with E-state index in [1.807, 2.05) is 35.9 Å². The number of benzene rings is 1. The van der Waals surface area contributed by atoms with E-state index < -0.39 is 0 Å². The SMILES string of the molecule is Cc1nc(N)n(C2CCN(Cc3ccc(C#N)cc3)CC2)n1. The maximum Gasteiger partial charge on any atom is 0.218 e. The topological polar surface area (TPSA) is 83.8 Å². The number of hydrogen-bond acceptors (Lipinski definition) is 5. The predicted octanol–water partition coefficient (Wildman–Crippen LogP) is 1.88. The zero-order valence-electron chi connectivity index (χ0n) is 12.7. The lowest BCUT2D eigenvalue weighted by Gasteiger charge is -2.32. The summed E-state index contributed by atoms with van der Waals surface area (Å²) in [6.45, 7) is 4.82. The summed E-state index contributed by atoms with van der Waals surface area (Å²) < 4.78 is 1.87. The predicted molar refractivity (Wildman–Crippen MR) is 83.9 cm³/mol. The van der Waals surface area contributed by atoms with Crippen LogP contribution < -0.4 is 5.73 Å². The van der Waals surface area contributed by atoms with Crippen molar-refractivity contribution in [3.05, 3.63) is 41.2 Å². The summed E-state index contributed by atoms with van der Waals surface area (Å²) >= 11 is 0. The molecule has 1 saturated heterocycles. The molecule has 1 aromatic carbocycles. The van der Waals surface area contributed by atoms with Crippen molar-refractivity contribution in [2.45, 2.75) is 32.4 Å². The third-order valence-electron chi connectivity index (χ3n) is 4.16. The van der Waals surface area contributed by atoms with Gasteiger partial charge in [-0.05, 0) is 37.5 Å². The summed E-state index contributed by atoms with van der Waals surface area (Å²) in [4.78, 5) is 6.61. The lowest BCUT2D eigenvalue weighted by molar-refractivity contribution is 0.174. The van der Waals surface area contributed by atoms with Crippen LogP contribution >= 0.6 is 0 Å². The van der Waals surface area contributed by atoms with Gasteiger partial charge in [0, 0.05) is 19.6 Å². The summed E-state index contributed by atoms with van der Waals surface area (Å²) in [5, 5.41) is 13.2. The Morgan fingerprint density at radius 2 is 1.95 bits per heavy atom. The minimum absolute atomic E-state index is 0.346. The highest BCUT2D eigenvalue weighted by molar-refractivity contribution is 5.31. The summed E-state index contributed by atoms with van der Waals surface area (Å²) in [6.07, 6.45) is 2.06. The van der Waals surface area contributed by atoms with Crippen LogP contribution in [-0.4, -0.2) is 32.8 Å². The number of likely N-dealkylation sites (tertiary alicyclic amines) is 1. The molecule has 0 saturated carbocycles. The van der Waals surface area contributed by atoms with Crippen LogP contribution in [0, 0.1) is 18.3 Å². The lowest BCUT2D eigenvalue weighted by Crippen LogP contribution is -2.34. The molecule has 114 valence electrons. The van der Waals surface area contributed by atoms with Gasteiger partial charge < -0.3 is 5.73 Å². The molecule has 22 heavy (non-hydrogen) atoms. The number of rotatable bonds is 3. The van der Waals surface area contributed by atoms with Gasteiger partial charge in [0.15, 0.2) is 0 Å². The van der Waals surface area contributed by atoms with E-state index in [2.05, 4.69) is 21.1 Å². The fraction of sp³-hybridized carbons (Fsp3) is 0.438. The van der Waals surface area contributed by atoms with Gasteiger partial charge in [-0.25, -0.2) is 4.68 Å². The Bertz CT molecular complexity index is 674. The average Bonchev–Trinajstić information content (AvgIpc) is 2.87. The number of nitrogens with two attached hydrogens (primary N) is 1. The second-order valence-corrected chi connectivity index (χ2v) is 5.78. The Morgan fingerprint density at radius 1 is 1.27 bits per heavy atom. The number of piperidine rings is 1. The van der Waals surface area contributed by atoms with E-state index in [0.717, 1.165) is 38.3 Å². The zero-order valence-corrected chi connectivity index (χ0v) is 12.7. The number of nitriles is 1. The average molecular weight is 296 g/mol. The van der Waals surface area contributed by atoms with Crippen LogP contribution in [0.5, 0.6) is 0 Å². The number of aromatic nitrogens is 3. The molecular weight excluding hydrogens is 276 g/mol. The van der Waals surface area contributed by atoms with E-state index in [4.69, 9.17) is 11.0 Å². The summed E-state index contributed by atoms with van der Waals surface area (Å²) in [5.74, 6) is 1.25. The van der Waals surface area contributed by atoms with Gasteiger partial charge in [-0.1, -0.05) is 12.1 Å². The van der Waals surface area contributed by atoms with Crippen molar-refractivity contribution in [1.29, 1.82) is 5.26 Å². The first-order valence-electron chi connectivity index (χ1n) is 7.56. The first kappa shape index (κ1) is 14.5. The molecule has 0 atom stereocenters. The standard InChI is InChI=1S/C16H20N6/c1-12-19-16(18)22(20-12)15-6-8-21(9-7-15)11-14-4-2-13(10-17)3-5-14/h2-5,15H,6-9,11H2,1H3,(H2,18,19,20). The van der Waals surface area contributed by atoms with E-state index in [-0.39, 0.29) is 0 Å². The summed E-state index contributed by atoms with van der Waals surface area (Å²) in [5.41, 5.74) is 7.86. The normalized spacial score (nSPS) is 16.5. The van der Waals surface area contributed by atoms with Crippen molar-refractivity contribution in [1.82, 2.24) is 19.7 Å². The zero-order chi connectivity index (χ0) is 15.5. The minimum atomic E-state index is 0.346. The Labute approximate surface area is 130 Å². The van der Waals surface area contributed by atoms with Gasteiger partial charge in [0.25, 0.3) is 0 Å². The smallest absolute Gasteiger partial charge is 0.218 e. The van der Waals surface area contributed by atoms with E-state index in [9.17, 15) is 0 Å². The monoisotopic (exact) mass is 296 g/mol. The molecule has 2 N–H and O–H groups in total. The molecule has 2 aromatic rings. The van der Waals surface area contributed by atoms with Crippen LogP contribution in [0.2, 0.25) is 0 Å². The Hall–Kier alpha value is -2.39. The molecule has 0 bridgehead atoms. The molecule has 1 fully saturated rings. The molecule has 1 aliphatic rings. The maximum absolute atomic E-state index is 8.83. The van der Waals surface area contributed by atoms with Crippen LogP contribution in [0.4, 0.5) is 5.95 Å². The van der Waals surface area contributed by atoms with Crippen molar-refractivity contribution < 1.29 is 0 Å². The number of aryl methyl sites for hydroxylation is 1. The second kappa shape index (κ2) is 6.16. The van der Waals surface area contributed by atoms with Gasteiger partial charge in [0.1, 0.15) is 5.82 Å². The number of hydrogen-bond donors (Lipinski definition) is 1. The van der Waals surface area contributed by atoms with Crippen molar-refractivity contribution in [3.8, 4) is 6.07 Å². The van der Waals surface area contributed by atoms with Crippen molar-refractivity contribution in [3.63, 3.8) is 0 Å². The van der Waals surface area contributed by atoms with E-state index >= 15 is 0 Å². The molecule has 0 amide bonds. The van der Waals surface area contributed by atoms with Crippen LogP contribution in [0.15, 0.2) is 24.3 Å². The number of anilines is 1. The molecule has 3 rings (SSSR count). The highest BCUT2D eigenvalue weighted by Gasteiger charge is 2.23. The van der Waals surface area contributed by atoms with Crippen LogP contribution in [0.3, 0.4) is 0 Å². The molecule has 0 spiro atoms. The van der Waals surface area contributed by atoms with Crippen LogP contribution in [0.25, 0.3) is 0 Å². The first-order valence-corrected chi connectivity index (χ1v) is 7.56. The highest BCUT2D eigenvalue weighted by atomic mass is 15.4. The van der Waals surface area contributed by atoms with E-state index in [1.165, 1.54) is 5.56 Å². The van der Waals surface area contributed by atoms with Gasteiger partial charge in [0.2, 0.25) is 5.95 Å². The quantitative estimate of drug-likeness (QED) is 0.935. The maximum atomic E-state index is 8.83. The largest absolute Gasteiger partial charge is 0.368 e. The van der Waals surface area contributed by atoms with Crippen LogP contribution in [-0.2, 0) is 6.54 Å². The Morgan fingerprint density at radius 3 is 2.50 bits per heavy atom. The molecule has 0 radical (unpaired) electrons. The molecule has 1 aliphatic heterocycles. The van der Waals surface area contributed by atoms with Gasteiger partial charge in [-0.3, -0.25) is 4.90 Å². The fourth-order valence-electron chi connectivity index (χ4n) is 2.98. The molecule has 2 heterocycles. The van der Waals surface area contributed by atoms with E-state index in [1.54, 1.807) is 0 Å². The second-order valence-electron chi connectivity index (χ2n) is 5.78. The number of nitrogen functional groups attached to an aromatic ring is 1. The van der Waals surface area contributed by atoms with Crippen LogP contribution in [0.1, 0.15) is 35.8 Å². The lowest BCUT2D eigenvalue weighted by atomic mass is 10.0. The minimum Gasteiger partial charge on any atom is -0.368 e. The fourth-order valence-corrected chi connectivity index (χ4v) is 2.98. The first-order chi connectivity index (χ1) is 10.7. The van der Waals surface area contributed by atoms with Gasteiger partial charge in [0.05, 0.1) is 17.7 Å². The van der Waals surface area contributed by atoms with Crippen molar-refractivity contribution >= 4 is 5.95 Å². The Kier molecular flexibility index (Phi) is 4.07. The summed E-state index contributed by atoms with van der Waals surface area (Å²) in [6, 6.07) is 10.3. The molecular formula is C16H20N6. The third kappa shape index (κ3) is 3.10. The third-order valence-corrected chi connectivity index (χ3v) is 4.16. The van der Waals surface area contributed by atoms with Gasteiger partial charge >= 0.3 is 0 Å². The van der Waals surface area contributed by atoms with Gasteiger partial charge in [-0.15, -0.1) is 0 Å².